The molecule has 0 aromatic carbocycles. The smallest absolute Gasteiger partial charge is 0.176 e. The Labute approximate surface area is 214 Å². The highest BCUT2D eigenvalue weighted by atomic mass is 16.7. The maximum absolute atomic E-state index is 11.3. The van der Waals surface area contributed by atoms with Crippen LogP contribution in [-0.2, 0) is 28.4 Å². The van der Waals surface area contributed by atoms with Crippen LogP contribution in [0.1, 0.15) is 0 Å². The van der Waals surface area contributed by atoms with E-state index in [4.69, 9.17) is 39.9 Å². The van der Waals surface area contributed by atoms with Gasteiger partial charge in [-0.25, -0.2) is 0 Å². The van der Waals surface area contributed by atoms with E-state index in [1.54, 1.807) is 19.0 Å². The highest BCUT2D eigenvalue weighted by Gasteiger charge is 2.53. The Bertz CT molecular complexity index is 709. The molecule has 16 heteroatoms. The first-order valence-electron chi connectivity index (χ1n) is 12.0. The summed E-state index contributed by atoms with van der Waals surface area (Å²) < 4.78 is 34.2. The van der Waals surface area contributed by atoms with Crippen LogP contribution in [0.2, 0.25) is 0 Å². The van der Waals surface area contributed by atoms with E-state index in [-0.39, 0.29) is 0 Å². The molecule has 2 unspecified atom stereocenters. The fraction of sp³-hybridized carbons (Fsp3) is 1.00. The average molecular weight is 544 g/mol. The van der Waals surface area contributed by atoms with Crippen LogP contribution in [-0.4, -0.2) is 174 Å². The van der Waals surface area contributed by atoms with Crippen LogP contribution in [0.25, 0.3) is 0 Å². The monoisotopic (exact) mass is 543 g/mol. The second-order valence-corrected chi connectivity index (χ2v) is 9.68. The van der Waals surface area contributed by atoms with Gasteiger partial charge in [-0.1, -0.05) is 0 Å². The minimum Gasteiger partial charge on any atom is -0.394 e. The van der Waals surface area contributed by atoms with Crippen molar-refractivity contribution in [1.82, 2.24) is 4.90 Å². The molecule has 3 saturated heterocycles. The maximum Gasteiger partial charge on any atom is 0.176 e. The Morgan fingerprint density at radius 2 is 1.22 bits per heavy atom. The van der Waals surface area contributed by atoms with Crippen molar-refractivity contribution in [3.05, 3.63) is 0 Å². The van der Waals surface area contributed by atoms with E-state index in [9.17, 15) is 35.7 Å². The maximum atomic E-state index is 11.3. The first-order chi connectivity index (χ1) is 17.5. The number of nitrogens with zero attached hydrogens (tertiary/aromatic N) is 1. The van der Waals surface area contributed by atoms with Crippen LogP contribution < -0.4 is 11.5 Å². The molecule has 15 atom stereocenters. The molecule has 0 amide bonds. The Kier molecular flexibility index (Phi) is 11.0. The number of methoxy groups -OCH3 is 1. The molecule has 16 nitrogen and oxygen atoms in total. The largest absolute Gasteiger partial charge is 0.394 e. The van der Waals surface area contributed by atoms with Crippen molar-refractivity contribution >= 4 is 0 Å². The van der Waals surface area contributed by atoms with Gasteiger partial charge in [0.05, 0.1) is 37.9 Å². The molecular formula is C21H41N3O13. The third-order valence-corrected chi connectivity index (χ3v) is 7.09. The van der Waals surface area contributed by atoms with Crippen LogP contribution in [0.5, 0.6) is 0 Å². The quantitative estimate of drug-likeness (QED) is 0.131. The standard InChI is InChI=1S/C21H41N3O13/c1-24(2)12-15(30)16(36-20-10(22)14(29)13(28)7(4-25)34-20)8(5-26)35-21(12)37-17-9(6-27)33-19(31)11(23)18(17)32-3/h7-21,25-31H,4-6,22-23H2,1-3H3/t7-,8-,9-,10-,11-,12-,13-,14-,15-,16?,17?,18-,19-,20+,21+/m1/s1. The van der Waals surface area contributed by atoms with Gasteiger partial charge in [0.25, 0.3) is 0 Å². The average Bonchev–Trinajstić information content (AvgIpc) is 2.87. The third-order valence-electron chi connectivity index (χ3n) is 7.09. The van der Waals surface area contributed by atoms with Crippen molar-refractivity contribution in [3.8, 4) is 0 Å². The molecule has 0 aromatic rings. The first-order valence-corrected chi connectivity index (χ1v) is 12.0. The minimum absolute atomic E-state index is 0.539. The van der Waals surface area contributed by atoms with Gasteiger partial charge < -0.3 is 75.6 Å². The predicted octanol–water partition coefficient (Wildman–Crippen LogP) is -6.42. The number of hydrogen-bond donors (Lipinski definition) is 9. The summed E-state index contributed by atoms with van der Waals surface area (Å²) in [5.74, 6) is 0. The van der Waals surface area contributed by atoms with Gasteiger partial charge in [0.1, 0.15) is 54.9 Å². The molecule has 3 aliphatic rings. The lowest BCUT2D eigenvalue weighted by molar-refractivity contribution is -0.357. The van der Waals surface area contributed by atoms with Crippen molar-refractivity contribution in [3.63, 3.8) is 0 Å². The van der Waals surface area contributed by atoms with Crippen molar-refractivity contribution < 1.29 is 64.2 Å². The lowest BCUT2D eigenvalue weighted by Crippen LogP contribution is -2.69. The predicted molar refractivity (Wildman–Crippen MR) is 121 cm³/mol. The normalized spacial score (nSPS) is 49.4. The number of nitrogens with two attached hydrogens (primary N) is 2. The van der Waals surface area contributed by atoms with Crippen LogP contribution in [0.3, 0.4) is 0 Å². The first kappa shape index (κ1) is 30.9. The van der Waals surface area contributed by atoms with Gasteiger partial charge in [-0.3, -0.25) is 4.90 Å². The van der Waals surface area contributed by atoms with Gasteiger partial charge in [-0.05, 0) is 14.1 Å². The molecule has 0 aliphatic carbocycles. The molecule has 3 rings (SSSR count). The molecule has 0 bridgehead atoms. The second kappa shape index (κ2) is 13.1. The van der Waals surface area contributed by atoms with Crippen molar-refractivity contribution in [1.29, 1.82) is 0 Å². The molecule has 0 saturated carbocycles. The van der Waals surface area contributed by atoms with Gasteiger partial charge in [0.2, 0.25) is 0 Å². The lowest BCUT2D eigenvalue weighted by atomic mass is 9.93. The summed E-state index contributed by atoms with van der Waals surface area (Å²) in [5.41, 5.74) is 12.0. The number of ether oxygens (including phenoxy) is 6. The van der Waals surface area contributed by atoms with Gasteiger partial charge in [0.15, 0.2) is 18.9 Å². The molecule has 0 spiro atoms. The van der Waals surface area contributed by atoms with E-state index in [0.29, 0.717) is 0 Å². The minimum atomic E-state index is -1.49. The van der Waals surface area contributed by atoms with E-state index in [1.807, 2.05) is 0 Å². The zero-order valence-corrected chi connectivity index (χ0v) is 21.0. The number of rotatable bonds is 9. The summed E-state index contributed by atoms with van der Waals surface area (Å²) in [6, 6.07) is -3.17. The number of aliphatic hydroxyl groups is 7. The van der Waals surface area contributed by atoms with E-state index in [2.05, 4.69) is 0 Å². The Balaban J connectivity index is 1.82. The van der Waals surface area contributed by atoms with E-state index >= 15 is 0 Å². The van der Waals surface area contributed by atoms with Gasteiger partial charge >= 0.3 is 0 Å². The van der Waals surface area contributed by atoms with Crippen LogP contribution >= 0.6 is 0 Å². The Morgan fingerprint density at radius 3 is 1.76 bits per heavy atom. The Hall–Kier alpha value is -0.640. The fourth-order valence-corrected chi connectivity index (χ4v) is 4.96. The number of likely N-dealkylation sites (N-methyl/N-ethyl adjacent to an activating group) is 1. The summed E-state index contributed by atoms with van der Waals surface area (Å²) in [4.78, 5) is 1.59. The summed E-state index contributed by atoms with van der Waals surface area (Å²) in [6.45, 7) is -1.79. The zero-order chi connectivity index (χ0) is 27.6. The molecule has 3 heterocycles. The van der Waals surface area contributed by atoms with Crippen LogP contribution in [0.4, 0.5) is 0 Å². The van der Waals surface area contributed by atoms with Crippen LogP contribution in [0, 0.1) is 0 Å². The van der Waals surface area contributed by atoms with Gasteiger partial charge in [-0.15, -0.1) is 0 Å². The van der Waals surface area contributed by atoms with Gasteiger partial charge in [-0.2, -0.15) is 0 Å². The van der Waals surface area contributed by atoms with Crippen molar-refractivity contribution in [2.75, 3.05) is 41.0 Å². The number of aliphatic hydroxyl groups excluding tert-OH is 7. The summed E-state index contributed by atoms with van der Waals surface area (Å²) in [7, 11) is 4.63. The topological polar surface area (TPSA) is 252 Å². The summed E-state index contributed by atoms with van der Waals surface area (Å²) in [5, 5.41) is 71.0. The molecule has 218 valence electrons. The van der Waals surface area contributed by atoms with Crippen molar-refractivity contribution in [2.24, 2.45) is 11.5 Å². The van der Waals surface area contributed by atoms with Crippen molar-refractivity contribution in [2.45, 2.75) is 91.9 Å². The van der Waals surface area contributed by atoms with E-state index in [1.165, 1.54) is 7.11 Å². The highest BCUT2D eigenvalue weighted by molar-refractivity contribution is 4.99. The molecule has 0 aromatic heterocycles. The van der Waals surface area contributed by atoms with E-state index < -0.39 is 112 Å². The van der Waals surface area contributed by atoms with Crippen LogP contribution in [0.15, 0.2) is 0 Å². The molecule has 3 fully saturated rings. The Morgan fingerprint density at radius 1 is 0.676 bits per heavy atom. The fourth-order valence-electron chi connectivity index (χ4n) is 4.96. The lowest BCUT2D eigenvalue weighted by Gasteiger charge is -2.50. The van der Waals surface area contributed by atoms with E-state index in [0.717, 1.165) is 0 Å². The molecule has 11 N–H and O–H groups in total. The number of hydrogen-bond acceptors (Lipinski definition) is 16. The summed E-state index contributed by atoms with van der Waals surface area (Å²) >= 11 is 0. The second-order valence-electron chi connectivity index (χ2n) is 9.68. The molecular weight excluding hydrogens is 502 g/mol. The zero-order valence-electron chi connectivity index (χ0n) is 21.0. The summed E-state index contributed by atoms with van der Waals surface area (Å²) in [6.07, 6.45) is -14.9. The van der Waals surface area contributed by atoms with Gasteiger partial charge in [0, 0.05) is 7.11 Å². The highest BCUT2D eigenvalue weighted by Crippen LogP contribution is 2.33. The molecule has 3 aliphatic heterocycles. The SMILES string of the molecule is CO[C@H]1C(O[C@@H]2O[C@H](CO)C(O[C@@H]3O[C@H](CO)[C@@H](O)[C@H](O)[C@H]3N)[C@H](O)[C@H]2N(C)C)[C@@H](CO)O[C@@H](O)[C@@H]1N. The third kappa shape index (κ3) is 6.25. The molecule has 0 radical (unpaired) electrons. The molecule has 37 heavy (non-hydrogen) atoms.